The Balaban J connectivity index is 2.02. The lowest BCUT2D eigenvalue weighted by atomic mass is 9.83. The average molecular weight is 319 g/mol. The molecule has 5 heteroatoms. The quantitative estimate of drug-likeness (QED) is 0.890. The Hall–Kier alpha value is -2.27. The summed E-state index contributed by atoms with van der Waals surface area (Å²) in [5.41, 5.74) is 0.117. The van der Waals surface area contributed by atoms with Crippen molar-refractivity contribution < 1.29 is 18.7 Å². The molecule has 0 aliphatic rings. The fourth-order valence-corrected chi connectivity index (χ4v) is 2.22. The monoisotopic (exact) mass is 319 g/mol. The Morgan fingerprint density at radius 2 is 1.78 bits per heavy atom. The van der Waals surface area contributed by atoms with E-state index >= 15 is 0 Å². The van der Waals surface area contributed by atoms with E-state index in [4.69, 9.17) is 0 Å². The zero-order chi connectivity index (χ0) is 17.0. The molecule has 3 nitrogen and oxygen atoms in total. The van der Waals surface area contributed by atoms with Gasteiger partial charge in [-0.3, -0.25) is 4.79 Å². The third kappa shape index (κ3) is 4.13. The van der Waals surface area contributed by atoms with Crippen molar-refractivity contribution in [3.63, 3.8) is 0 Å². The largest absolute Gasteiger partial charge is 0.387 e. The summed E-state index contributed by atoms with van der Waals surface area (Å²) >= 11 is 0. The third-order valence-corrected chi connectivity index (χ3v) is 3.82. The first kappa shape index (κ1) is 17.1. The van der Waals surface area contributed by atoms with Crippen LogP contribution in [0.4, 0.5) is 8.78 Å². The van der Waals surface area contributed by atoms with Crippen LogP contribution in [0.15, 0.2) is 48.5 Å². The molecule has 2 aromatic rings. The van der Waals surface area contributed by atoms with Gasteiger partial charge in [0.05, 0.1) is 11.5 Å². The molecule has 2 N–H and O–H groups in total. The van der Waals surface area contributed by atoms with E-state index in [1.165, 1.54) is 36.4 Å². The molecule has 0 fully saturated rings. The van der Waals surface area contributed by atoms with Gasteiger partial charge < -0.3 is 10.4 Å². The molecule has 1 unspecified atom stereocenters. The summed E-state index contributed by atoms with van der Waals surface area (Å²) < 4.78 is 26.2. The van der Waals surface area contributed by atoms with Gasteiger partial charge in [0.15, 0.2) is 0 Å². The topological polar surface area (TPSA) is 49.3 Å². The van der Waals surface area contributed by atoms with Crippen LogP contribution < -0.4 is 5.32 Å². The number of amides is 1. The van der Waals surface area contributed by atoms with Gasteiger partial charge in [-0.25, -0.2) is 8.78 Å². The lowest BCUT2D eigenvalue weighted by Crippen LogP contribution is -2.41. The molecule has 1 atom stereocenters. The highest BCUT2D eigenvalue weighted by molar-refractivity contribution is 5.87. The van der Waals surface area contributed by atoms with Crippen LogP contribution in [0.25, 0.3) is 0 Å². The number of halogens is 2. The molecule has 2 aromatic carbocycles. The maximum Gasteiger partial charge on any atom is 0.230 e. The van der Waals surface area contributed by atoms with Crippen molar-refractivity contribution in [1.82, 2.24) is 5.32 Å². The van der Waals surface area contributed by atoms with Crippen LogP contribution in [-0.2, 0) is 10.2 Å². The number of aliphatic hydroxyl groups excluding tert-OH is 1. The second kappa shape index (κ2) is 6.87. The molecule has 0 saturated carbocycles. The Kier molecular flexibility index (Phi) is 5.11. The van der Waals surface area contributed by atoms with E-state index in [-0.39, 0.29) is 12.5 Å². The molecule has 1 amide bonds. The lowest BCUT2D eigenvalue weighted by Gasteiger charge is -2.25. The highest BCUT2D eigenvalue weighted by Crippen LogP contribution is 2.24. The molecule has 0 radical (unpaired) electrons. The van der Waals surface area contributed by atoms with E-state index in [0.717, 1.165) is 0 Å². The van der Waals surface area contributed by atoms with Crippen molar-refractivity contribution in [3.8, 4) is 0 Å². The van der Waals surface area contributed by atoms with Crippen LogP contribution in [-0.4, -0.2) is 17.6 Å². The fourth-order valence-electron chi connectivity index (χ4n) is 2.22. The smallest absolute Gasteiger partial charge is 0.230 e. The van der Waals surface area contributed by atoms with Crippen LogP contribution in [0.5, 0.6) is 0 Å². The molecule has 0 aliphatic heterocycles. The summed E-state index contributed by atoms with van der Waals surface area (Å²) in [4.78, 5) is 12.4. The van der Waals surface area contributed by atoms with Gasteiger partial charge in [-0.1, -0.05) is 24.3 Å². The number of hydrogen-bond acceptors (Lipinski definition) is 2. The van der Waals surface area contributed by atoms with Gasteiger partial charge in [-0.2, -0.15) is 0 Å². The number of carbonyl (C=O) groups excluding carboxylic acids is 1. The maximum atomic E-state index is 13.3. The summed E-state index contributed by atoms with van der Waals surface area (Å²) in [5, 5.41) is 12.7. The predicted molar refractivity (Wildman–Crippen MR) is 83.8 cm³/mol. The van der Waals surface area contributed by atoms with Crippen molar-refractivity contribution in [2.45, 2.75) is 25.4 Å². The Labute approximate surface area is 134 Å². The zero-order valence-electron chi connectivity index (χ0n) is 13.0. The van der Waals surface area contributed by atoms with Crippen LogP contribution >= 0.6 is 0 Å². The molecule has 0 spiro atoms. The number of carbonyl (C=O) groups is 1. The second-order valence-corrected chi connectivity index (χ2v) is 5.91. The summed E-state index contributed by atoms with van der Waals surface area (Å²) in [6.45, 7) is 3.35. The first-order valence-corrected chi connectivity index (χ1v) is 7.28. The number of aliphatic hydroxyl groups is 1. The number of hydrogen-bond donors (Lipinski definition) is 2. The molecule has 0 heterocycles. The van der Waals surface area contributed by atoms with Gasteiger partial charge in [0.1, 0.15) is 11.6 Å². The van der Waals surface area contributed by atoms with Crippen molar-refractivity contribution in [2.24, 2.45) is 0 Å². The molecule has 0 saturated heterocycles. The van der Waals surface area contributed by atoms with E-state index in [9.17, 15) is 18.7 Å². The SMILES string of the molecule is CC(C)(C(=O)NCC(O)c1ccc(F)cc1)c1cccc(F)c1. The van der Waals surface area contributed by atoms with Gasteiger partial charge in [-0.05, 0) is 49.2 Å². The molecule has 2 rings (SSSR count). The summed E-state index contributed by atoms with van der Waals surface area (Å²) in [6.07, 6.45) is -0.942. The molecule has 0 bridgehead atoms. The van der Waals surface area contributed by atoms with Crippen molar-refractivity contribution in [2.75, 3.05) is 6.54 Å². The van der Waals surface area contributed by atoms with Crippen LogP contribution in [0.3, 0.4) is 0 Å². The Bertz CT molecular complexity index is 684. The Morgan fingerprint density at radius 1 is 1.13 bits per heavy atom. The van der Waals surface area contributed by atoms with E-state index < -0.39 is 23.2 Å². The van der Waals surface area contributed by atoms with E-state index in [0.29, 0.717) is 11.1 Å². The molecule has 0 aromatic heterocycles. The molecular weight excluding hydrogens is 300 g/mol. The first-order chi connectivity index (χ1) is 10.8. The van der Waals surface area contributed by atoms with Crippen LogP contribution in [0.1, 0.15) is 31.1 Å². The van der Waals surface area contributed by atoms with Gasteiger partial charge in [0.2, 0.25) is 5.91 Å². The number of rotatable bonds is 5. The lowest BCUT2D eigenvalue weighted by molar-refractivity contribution is -0.126. The van der Waals surface area contributed by atoms with Crippen LogP contribution in [0, 0.1) is 11.6 Å². The van der Waals surface area contributed by atoms with Crippen LogP contribution in [0.2, 0.25) is 0 Å². The highest BCUT2D eigenvalue weighted by atomic mass is 19.1. The number of benzene rings is 2. The summed E-state index contributed by atoms with van der Waals surface area (Å²) in [6, 6.07) is 11.3. The summed E-state index contributed by atoms with van der Waals surface area (Å²) in [5.74, 6) is -1.13. The number of nitrogens with one attached hydrogen (secondary N) is 1. The minimum atomic E-state index is -0.942. The fraction of sp³-hybridized carbons (Fsp3) is 0.278. The van der Waals surface area contributed by atoms with E-state index in [1.54, 1.807) is 26.0 Å². The molecule has 23 heavy (non-hydrogen) atoms. The third-order valence-electron chi connectivity index (χ3n) is 3.82. The maximum absolute atomic E-state index is 13.3. The highest BCUT2D eigenvalue weighted by Gasteiger charge is 2.30. The zero-order valence-corrected chi connectivity index (χ0v) is 13.0. The van der Waals surface area contributed by atoms with Gasteiger partial charge in [0.25, 0.3) is 0 Å². The Morgan fingerprint density at radius 3 is 2.39 bits per heavy atom. The van der Waals surface area contributed by atoms with Crippen molar-refractivity contribution in [1.29, 1.82) is 0 Å². The minimum absolute atomic E-state index is 0.0107. The standard InChI is InChI=1S/C18H19F2NO2/c1-18(2,13-4-3-5-15(20)10-13)17(23)21-11-16(22)12-6-8-14(19)9-7-12/h3-10,16,22H,11H2,1-2H3,(H,21,23). The first-order valence-electron chi connectivity index (χ1n) is 7.28. The molecule has 122 valence electrons. The molecule has 0 aliphatic carbocycles. The van der Waals surface area contributed by atoms with E-state index in [2.05, 4.69) is 5.32 Å². The predicted octanol–water partition coefficient (Wildman–Crippen LogP) is 3.09. The van der Waals surface area contributed by atoms with Gasteiger partial charge >= 0.3 is 0 Å². The second-order valence-electron chi connectivity index (χ2n) is 5.91. The van der Waals surface area contributed by atoms with Gasteiger partial charge in [-0.15, -0.1) is 0 Å². The van der Waals surface area contributed by atoms with Gasteiger partial charge in [0, 0.05) is 6.54 Å². The normalized spacial score (nSPS) is 12.7. The average Bonchev–Trinajstić information content (AvgIpc) is 2.52. The minimum Gasteiger partial charge on any atom is -0.387 e. The van der Waals surface area contributed by atoms with Crippen molar-refractivity contribution in [3.05, 3.63) is 71.3 Å². The molecular formula is C18H19F2NO2. The van der Waals surface area contributed by atoms with E-state index in [1.807, 2.05) is 0 Å². The van der Waals surface area contributed by atoms with Crippen molar-refractivity contribution >= 4 is 5.91 Å². The summed E-state index contributed by atoms with van der Waals surface area (Å²) in [7, 11) is 0.